The summed E-state index contributed by atoms with van der Waals surface area (Å²) in [7, 11) is 0. The second-order valence-electron chi connectivity index (χ2n) is 9.83. The fraction of sp³-hybridized carbons (Fsp3) is 0.538. The van der Waals surface area contributed by atoms with Crippen LogP contribution < -0.4 is 11.1 Å². The molecule has 2 aromatic carbocycles. The molecule has 5 rings (SSSR count). The lowest BCUT2D eigenvalue weighted by atomic mass is 9.90. The Morgan fingerprint density at radius 3 is 2.31 bits per heavy atom. The number of halogens is 3. The average Bonchev–Trinajstić information content (AvgIpc) is 3.42. The van der Waals surface area contributed by atoms with Crippen LogP contribution in [0.25, 0.3) is 11.1 Å². The van der Waals surface area contributed by atoms with Gasteiger partial charge in [0.15, 0.2) is 0 Å². The predicted molar refractivity (Wildman–Crippen MR) is 121 cm³/mol. The van der Waals surface area contributed by atoms with Crippen molar-refractivity contribution in [1.29, 1.82) is 0 Å². The Morgan fingerprint density at radius 2 is 1.66 bits per heavy atom. The largest absolute Gasteiger partial charge is 0.416 e. The number of likely N-dealkylation sites (tertiary alicyclic amines) is 1. The molecule has 3 fully saturated rings. The molecule has 3 N–H and O–H groups in total. The summed E-state index contributed by atoms with van der Waals surface area (Å²) in [4.78, 5) is 2.53. The molecule has 0 amide bonds. The van der Waals surface area contributed by atoms with Crippen LogP contribution in [0.1, 0.15) is 55.6 Å². The molecular weight excluding hydrogens is 411 g/mol. The van der Waals surface area contributed by atoms with E-state index in [-0.39, 0.29) is 12.0 Å². The van der Waals surface area contributed by atoms with Gasteiger partial charge in [0, 0.05) is 43.2 Å². The number of rotatable bonds is 5. The summed E-state index contributed by atoms with van der Waals surface area (Å²) in [6.45, 7) is 2.11. The zero-order chi connectivity index (χ0) is 22.3. The maximum absolute atomic E-state index is 13.9. The normalized spacial score (nSPS) is 31.1. The molecule has 2 aliphatic carbocycles. The second-order valence-corrected chi connectivity index (χ2v) is 9.83. The van der Waals surface area contributed by atoms with Crippen molar-refractivity contribution in [3.8, 4) is 11.1 Å². The number of nitrogens with one attached hydrogen (secondary N) is 1. The van der Waals surface area contributed by atoms with Crippen molar-refractivity contribution in [1.82, 2.24) is 10.2 Å². The van der Waals surface area contributed by atoms with Crippen LogP contribution in [0, 0.1) is 0 Å². The van der Waals surface area contributed by atoms with Gasteiger partial charge in [-0.25, -0.2) is 0 Å². The van der Waals surface area contributed by atoms with E-state index in [2.05, 4.69) is 10.2 Å². The molecule has 0 unspecified atom stereocenters. The third-order valence-corrected chi connectivity index (χ3v) is 7.57. The molecule has 1 saturated heterocycles. The Morgan fingerprint density at radius 1 is 0.906 bits per heavy atom. The number of nitrogens with two attached hydrogens (primary N) is 1. The van der Waals surface area contributed by atoms with Crippen LogP contribution in [0.3, 0.4) is 0 Å². The van der Waals surface area contributed by atoms with Gasteiger partial charge < -0.3 is 11.1 Å². The van der Waals surface area contributed by atoms with E-state index < -0.39 is 11.7 Å². The molecule has 3 nitrogen and oxygen atoms in total. The SMILES string of the molecule is N[C@@H]1CCN(C2CCC(N[C@@H]3C[C@H]3c3ccc(-c4ccccc4)cc3C(F)(F)F)CC2)C1. The highest BCUT2D eigenvalue weighted by molar-refractivity contribution is 5.65. The molecule has 1 aliphatic heterocycles. The number of benzene rings is 2. The molecule has 0 bridgehead atoms. The highest BCUT2D eigenvalue weighted by Gasteiger charge is 2.45. The van der Waals surface area contributed by atoms with Gasteiger partial charge in [-0.05, 0) is 61.3 Å². The molecule has 0 spiro atoms. The summed E-state index contributed by atoms with van der Waals surface area (Å²) in [6, 6.07) is 15.6. The van der Waals surface area contributed by atoms with E-state index >= 15 is 0 Å². The van der Waals surface area contributed by atoms with Crippen LogP contribution in [0.4, 0.5) is 13.2 Å². The second kappa shape index (κ2) is 8.81. The van der Waals surface area contributed by atoms with E-state index in [1.54, 1.807) is 6.07 Å². The maximum atomic E-state index is 13.9. The van der Waals surface area contributed by atoms with Crippen molar-refractivity contribution in [2.75, 3.05) is 13.1 Å². The lowest BCUT2D eigenvalue weighted by Gasteiger charge is -2.35. The summed E-state index contributed by atoms with van der Waals surface area (Å²) in [5.41, 5.74) is 7.44. The van der Waals surface area contributed by atoms with E-state index in [4.69, 9.17) is 5.73 Å². The minimum Gasteiger partial charge on any atom is -0.326 e. The van der Waals surface area contributed by atoms with E-state index in [9.17, 15) is 13.2 Å². The van der Waals surface area contributed by atoms with Gasteiger partial charge in [0.05, 0.1) is 5.56 Å². The first-order valence-electron chi connectivity index (χ1n) is 11.9. The average molecular weight is 444 g/mol. The van der Waals surface area contributed by atoms with Crippen LogP contribution in [-0.4, -0.2) is 42.2 Å². The molecule has 2 aromatic rings. The van der Waals surface area contributed by atoms with Crippen molar-refractivity contribution in [3.63, 3.8) is 0 Å². The molecule has 6 heteroatoms. The molecule has 3 aliphatic rings. The van der Waals surface area contributed by atoms with Crippen molar-refractivity contribution in [3.05, 3.63) is 59.7 Å². The van der Waals surface area contributed by atoms with Crippen LogP contribution in [0.5, 0.6) is 0 Å². The Labute approximate surface area is 188 Å². The fourth-order valence-electron chi connectivity index (χ4n) is 5.72. The van der Waals surface area contributed by atoms with E-state index in [0.717, 1.165) is 57.2 Å². The summed E-state index contributed by atoms with van der Waals surface area (Å²) < 4.78 is 41.7. The van der Waals surface area contributed by atoms with Crippen molar-refractivity contribution in [2.24, 2.45) is 5.73 Å². The topological polar surface area (TPSA) is 41.3 Å². The third kappa shape index (κ3) is 4.73. The first kappa shape index (κ1) is 21.9. The van der Waals surface area contributed by atoms with Gasteiger partial charge in [-0.2, -0.15) is 13.2 Å². The van der Waals surface area contributed by atoms with Gasteiger partial charge in [-0.1, -0.05) is 42.5 Å². The van der Waals surface area contributed by atoms with E-state index in [1.807, 2.05) is 36.4 Å². The van der Waals surface area contributed by atoms with Crippen LogP contribution in [0.15, 0.2) is 48.5 Å². The minimum absolute atomic E-state index is 0.0502. The highest BCUT2D eigenvalue weighted by Crippen LogP contribution is 2.47. The molecule has 0 aromatic heterocycles. The summed E-state index contributed by atoms with van der Waals surface area (Å²) >= 11 is 0. The minimum atomic E-state index is -4.35. The van der Waals surface area contributed by atoms with Crippen LogP contribution >= 0.6 is 0 Å². The van der Waals surface area contributed by atoms with Crippen molar-refractivity contribution >= 4 is 0 Å². The highest BCUT2D eigenvalue weighted by atomic mass is 19.4. The van der Waals surface area contributed by atoms with E-state index in [0.29, 0.717) is 29.3 Å². The zero-order valence-corrected chi connectivity index (χ0v) is 18.3. The van der Waals surface area contributed by atoms with Gasteiger partial charge in [-0.15, -0.1) is 0 Å². The molecule has 2 saturated carbocycles. The Kier molecular flexibility index (Phi) is 6.03. The molecule has 1 heterocycles. The number of nitrogens with zero attached hydrogens (tertiary/aromatic N) is 1. The van der Waals surface area contributed by atoms with Gasteiger partial charge >= 0.3 is 6.18 Å². The zero-order valence-electron chi connectivity index (χ0n) is 18.3. The summed E-state index contributed by atoms with van der Waals surface area (Å²) in [5.74, 6) is -0.0502. The number of hydrogen-bond acceptors (Lipinski definition) is 3. The Bertz CT molecular complexity index is 922. The smallest absolute Gasteiger partial charge is 0.326 e. The Balaban J connectivity index is 1.22. The monoisotopic (exact) mass is 443 g/mol. The van der Waals surface area contributed by atoms with Gasteiger partial charge in [0.25, 0.3) is 0 Å². The lowest BCUT2D eigenvalue weighted by Crippen LogP contribution is -2.43. The summed E-state index contributed by atoms with van der Waals surface area (Å²) in [5, 5.41) is 3.68. The molecule has 32 heavy (non-hydrogen) atoms. The van der Waals surface area contributed by atoms with Crippen molar-refractivity contribution in [2.45, 2.75) is 74.8 Å². The number of alkyl halides is 3. The molecular formula is C26H32F3N3. The fourth-order valence-corrected chi connectivity index (χ4v) is 5.72. The number of hydrogen-bond donors (Lipinski definition) is 2. The first-order valence-corrected chi connectivity index (χ1v) is 11.9. The van der Waals surface area contributed by atoms with Gasteiger partial charge in [0.1, 0.15) is 0 Å². The first-order chi connectivity index (χ1) is 15.4. The quantitative estimate of drug-likeness (QED) is 0.671. The van der Waals surface area contributed by atoms with Gasteiger partial charge in [-0.3, -0.25) is 4.90 Å². The standard InChI is InChI=1S/C26H32F3N3/c27-26(28,29)24-14-18(17-4-2-1-3-5-17)6-11-22(24)23-15-25(23)31-20-7-9-21(10-8-20)32-13-12-19(30)16-32/h1-6,11,14,19-21,23,25,31H,7-10,12-13,15-16,30H2/t19-,20?,21?,23+,25-/m1/s1. The van der Waals surface area contributed by atoms with Crippen molar-refractivity contribution < 1.29 is 13.2 Å². The molecule has 3 atom stereocenters. The predicted octanol–water partition coefficient (Wildman–Crippen LogP) is 5.16. The molecule has 0 radical (unpaired) electrons. The van der Waals surface area contributed by atoms with Crippen LogP contribution in [0.2, 0.25) is 0 Å². The third-order valence-electron chi connectivity index (χ3n) is 7.57. The Hall–Kier alpha value is -1.89. The lowest BCUT2D eigenvalue weighted by molar-refractivity contribution is -0.138. The summed E-state index contributed by atoms with van der Waals surface area (Å²) in [6.07, 6.45) is 2.03. The maximum Gasteiger partial charge on any atom is 0.416 e. The van der Waals surface area contributed by atoms with E-state index in [1.165, 1.54) is 6.07 Å². The van der Waals surface area contributed by atoms with Gasteiger partial charge in [0.2, 0.25) is 0 Å². The van der Waals surface area contributed by atoms with Crippen LogP contribution in [-0.2, 0) is 6.18 Å². The molecule has 172 valence electrons.